The van der Waals surface area contributed by atoms with Crippen molar-refractivity contribution in [1.82, 2.24) is 5.06 Å². The molecule has 2 N–H and O–H groups in total. The summed E-state index contributed by atoms with van der Waals surface area (Å²) in [6, 6.07) is 0.224. The predicted molar refractivity (Wildman–Crippen MR) is 52.2 cm³/mol. The molecule has 1 heterocycles. The summed E-state index contributed by atoms with van der Waals surface area (Å²) in [7, 11) is 0. The van der Waals surface area contributed by atoms with E-state index in [0.717, 1.165) is 25.8 Å². The van der Waals surface area contributed by atoms with E-state index in [-0.39, 0.29) is 11.9 Å². The smallest absolute Gasteiger partial charge is 0.246 e. The van der Waals surface area contributed by atoms with Crippen LogP contribution in [0.2, 0.25) is 0 Å². The maximum absolute atomic E-state index is 11.7. The van der Waals surface area contributed by atoms with E-state index in [1.54, 1.807) is 0 Å². The summed E-state index contributed by atoms with van der Waals surface area (Å²) in [6.45, 7) is 1.43. The standard InChI is InChI=1S/C10H18N2O2/c11-9-4-1-3-8(9)7-10(13)12-5-2-6-14-12/h8-9H,1-7,11H2/t8-,9+/m0/s1. The summed E-state index contributed by atoms with van der Waals surface area (Å²) >= 11 is 0. The van der Waals surface area contributed by atoms with Gasteiger partial charge in [0, 0.05) is 12.5 Å². The average molecular weight is 198 g/mol. The Morgan fingerprint density at radius 3 is 2.86 bits per heavy atom. The summed E-state index contributed by atoms with van der Waals surface area (Å²) in [5.41, 5.74) is 5.91. The van der Waals surface area contributed by atoms with Crippen molar-refractivity contribution in [2.24, 2.45) is 11.7 Å². The molecule has 0 unspecified atom stereocenters. The highest BCUT2D eigenvalue weighted by atomic mass is 16.7. The number of rotatable bonds is 2. The van der Waals surface area contributed by atoms with Gasteiger partial charge in [0.05, 0.1) is 13.2 Å². The van der Waals surface area contributed by atoms with Crippen molar-refractivity contribution in [2.75, 3.05) is 13.2 Å². The number of amides is 1. The summed E-state index contributed by atoms with van der Waals surface area (Å²) in [6.07, 6.45) is 4.86. The molecule has 4 heteroatoms. The molecule has 2 atom stereocenters. The molecule has 1 saturated carbocycles. The maximum Gasteiger partial charge on any atom is 0.246 e. The van der Waals surface area contributed by atoms with Gasteiger partial charge in [0.1, 0.15) is 0 Å². The SMILES string of the molecule is N[C@@H]1CCC[C@H]1CC(=O)N1CCCO1. The monoisotopic (exact) mass is 198 g/mol. The van der Waals surface area contributed by atoms with E-state index in [4.69, 9.17) is 10.6 Å². The Bertz CT molecular complexity index is 214. The third kappa shape index (κ3) is 2.07. The van der Waals surface area contributed by atoms with Crippen molar-refractivity contribution < 1.29 is 9.63 Å². The Morgan fingerprint density at radius 1 is 1.43 bits per heavy atom. The number of nitrogens with two attached hydrogens (primary N) is 1. The molecule has 0 aromatic rings. The lowest BCUT2D eigenvalue weighted by atomic mass is 10.00. The van der Waals surface area contributed by atoms with Gasteiger partial charge < -0.3 is 5.73 Å². The first-order chi connectivity index (χ1) is 6.77. The van der Waals surface area contributed by atoms with E-state index in [0.29, 0.717) is 18.9 Å². The van der Waals surface area contributed by atoms with Crippen LogP contribution in [0.15, 0.2) is 0 Å². The number of hydroxylamine groups is 2. The number of carbonyl (C=O) groups is 1. The molecule has 0 bridgehead atoms. The lowest BCUT2D eigenvalue weighted by Gasteiger charge is -2.19. The number of nitrogens with zero attached hydrogens (tertiary/aromatic N) is 1. The molecule has 14 heavy (non-hydrogen) atoms. The molecule has 1 saturated heterocycles. The minimum atomic E-state index is 0.116. The summed E-state index contributed by atoms with van der Waals surface area (Å²) < 4.78 is 0. The Morgan fingerprint density at radius 2 is 2.29 bits per heavy atom. The van der Waals surface area contributed by atoms with E-state index >= 15 is 0 Å². The second-order valence-corrected chi connectivity index (χ2v) is 4.24. The van der Waals surface area contributed by atoms with Crippen LogP contribution in [0.25, 0.3) is 0 Å². The molecule has 0 radical (unpaired) electrons. The first-order valence-electron chi connectivity index (χ1n) is 5.46. The van der Waals surface area contributed by atoms with Crippen LogP contribution in [0.5, 0.6) is 0 Å². The van der Waals surface area contributed by atoms with Gasteiger partial charge in [0.25, 0.3) is 0 Å². The molecule has 1 amide bonds. The van der Waals surface area contributed by atoms with E-state index in [2.05, 4.69) is 0 Å². The zero-order valence-corrected chi connectivity index (χ0v) is 8.45. The quantitative estimate of drug-likeness (QED) is 0.709. The van der Waals surface area contributed by atoms with Gasteiger partial charge in [-0.1, -0.05) is 6.42 Å². The molecule has 2 fully saturated rings. The predicted octanol–water partition coefficient (Wildman–Crippen LogP) is 0.668. The van der Waals surface area contributed by atoms with Crippen LogP contribution in [0.3, 0.4) is 0 Å². The molecule has 0 spiro atoms. The van der Waals surface area contributed by atoms with Crippen molar-refractivity contribution >= 4 is 5.91 Å². The molecule has 2 aliphatic rings. The van der Waals surface area contributed by atoms with Crippen LogP contribution in [0.4, 0.5) is 0 Å². The Balaban J connectivity index is 1.81. The highest BCUT2D eigenvalue weighted by molar-refractivity contribution is 5.75. The van der Waals surface area contributed by atoms with Gasteiger partial charge in [-0.05, 0) is 25.2 Å². The third-order valence-corrected chi connectivity index (χ3v) is 3.19. The van der Waals surface area contributed by atoms with Crippen molar-refractivity contribution in [3.05, 3.63) is 0 Å². The minimum Gasteiger partial charge on any atom is -0.327 e. The molecular weight excluding hydrogens is 180 g/mol. The van der Waals surface area contributed by atoms with Gasteiger partial charge in [0.15, 0.2) is 0 Å². The van der Waals surface area contributed by atoms with Crippen LogP contribution >= 0.6 is 0 Å². The fraction of sp³-hybridized carbons (Fsp3) is 0.900. The molecule has 4 nitrogen and oxygen atoms in total. The van der Waals surface area contributed by atoms with Gasteiger partial charge in [0.2, 0.25) is 5.91 Å². The summed E-state index contributed by atoms with van der Waals surface area (Å²) in [4.78, 5) is 16.9. The van der Waals surface area contributed by atoms with Gasteiger partial charge >= 0.3 is 0 Å². The highest BCUT2D eigenvalue weighted by Crippen LogP contribution is 2.27. The molecule has 0 aromatic heterocycles. The van der Waals surface area contributed by atoms with E-state index in [1.807, 2.05) is 0 Å². The Labute approximate surface area is 84.3 Å². The average Bonchev–Trinajstić information content (AvgIpc) is 2.77. The van der Waals surface area contributed by atoms with Crippen LogP contribution < -0.4 is 5.73 Å². The molecular formula is C10H18N2O2. The first-order valence-corrected chi connectivity index (χ1v) is 5.46. The van der Waals surface area contributed by atoms with Gasteiger partial charge in [-0.3, -0.25) is 9.63 Å². The Kier molecular flexibility index (Phi) is 3.03. The van der Waals surface area contributed by atoms with Gasteiger partial charge in [-0.25, -0.2) is 5.06 Å². The fourth-order valence-electron chi connectivity index (χ4n) is 2.29. The third-order valence-electron chi connectivity index (χ3n) is 3.19. The zero-order chi connectivity index (χ0) is 9.97. The van der Waals surface area contributed by atoms with Crippen LogP contribution in [-0.2, 0) is 9.63 Å². The number of carbonyl (C=O) groups excluding carboxylic acids is 1. The minimum absolute atomic E-state index is 0.116. The lowest BCUT2D eigenvalue weighted by Crippen LogP contribution is -2.32. The van der Waals surface area contributed by atoms with Crippen LogP contribution in [-0.4, -0.2) is 30.2 Å². The van der Waals surface area contributed by atoms with Gasteiger partial charge in [-0.15, -0.1) is 0 Å². The summed E-state index contributed by atoms with van der Waals surface area (Å²) in [5.74, 6) is 0.497. The second kappa shape index (κ2) is 4.28. The van der Waals surface area contributed by atoms with Crippen LogP contribution in [0.1, 0.15) is 32.1 Å². The number of hydrogen-bond donors (Lipinski definition) is 1. The Hall–Kier alpha value is -0.610. The lowest BCUT2D eigenvalue weighted by molar-refractivity contribution is -0.169. The maximum atomic E-state index is 11.7. The molecule has 0 aromatic carbocycles. The van der Waals surface area contributed by atoms with E-state index in [1.165, 1.54) is 11.5 Å². The fourth-order valence-corrected chi connectivity index (χ4v) is 2.29. The van der Waals surface area contributed by atoms with Crippen molar-refractivity contribution in [3.63, 3.8) is 0 Å². The van der Waals surface area contributed by atoms with E-state index < -0.39 is 0 Å². The van der Waals surface area contributed by atoms with Crippen molar-refractivity contribution in [3.8, 4) is 0 Å². The molecule has 80 valence electrons. The topological polar surface area (TPSA) is 55.6 Å². The molecule has 2 rings (SSSR count). The largest absolute Gasteiger partial charge is 0.327 e. The number of hydrogen-bond acceptors (Lipinski definition) is 3. The normalized spacial score (nSPS) is 32.5. The molecule has 1 aliphatic heterocycles. The van der Waals surface area contributed by atoms with Crippen molar-refractivity contribution in [1.29, 1.82) is 0 Å². The van der Waals surface area contributed by atoms with Crippen LogP contribution in [0, 0.1) is 5.92 Å². The zero-order valence-electron chi connectivity index (χ0n) is 8.45. The second-order valence-electron chi connectivity index (χ2n) is 4.24. The molecule has 1 aliphatic carbocycles. The summed E-state index contributed by atoms with van der Waals surface area (Å²) in [5, 5.41) is 1.50. The van der Waals surface area contributed by atoms with Crippen molar-refractivity contribution in [2.45, 2.75) is 38.1 Å². The van der Waals surface area contributed by atoms with Gasteiger partial charge in [-0.2, -0.15) is 0 Å². The van der Waals surface area contributed by atoms with E-state index in [9.17, 15) is 4.79 Å². The highest BCUT2D eigenvalue weighted by Gasteiger charge is 2.29. The first kappa shape index (κ1) is 9.93.